The molecule has 3 nitrogen and oxygen atoms in total. The second kappa shape index (κ2) is 4.97. The molecule has 1 unspecified atom stereocenters. The van der Waals surface area contributed by atoms with Gasteiger partial charge in [0.15, 0.2) is 17.5 Å². The molecule has 1 aliphatic rings. The minimum absolute atomic E-state index is 0.0187. The number of hydrogen-bond acceptors (Lipinski definition) is 3. The summed E-state index contributed by atoms with van der Waals surface area (Å²) in [6.45, 7) is 0. The van der Waals surface area contributed by atoms with Gasteiger partial charge in [0.05, 0.1) is 7.11 Å². The fraction of sp³-hybridized carbons (Fsp3) is 0.417. The summed E-state index contributed by atoms with van der Waals surface area (Å²) in [7, 11) is 1.18. The summed E-state index contributed by atoms with van der Waals surface area (Å²) in [5.41, 5.74) is 0.0187. The van der Waals surface area contributed by atoms with Crippen LogP contribution < -0.4 is 5.32 Å². The van der Waals surface area contributed by atoms with Crippen LogP contribution >= 0.6 is 0 Å². The number of carbonyl (C=O) groups excluding carboxylic acids is 1. The molecule has 1 aromatic rings. The van der Waals surface area contributed by atoms with E-state index in [9.17, 15) is 18.0 Å². The Morgan fingerprint density at radius 2 is 1.89 bits per heavy atom. The van der Waals surface area contributed by atoms with Crippen LogP contribution in [0.25, 0.3) is 0 Å². The van der Waals surface area contributed by atoms with E-state index < -0.39 is 29.5 Å². The molecule has 0 amide bonds. The summed E-state index contributed by atoms with van der Waals surface area (Å²) in [5, 5.41) is 2.90. The number of rotatable bonds is 4. The molecule has 1 saturated carbocycles. The van der Waals surface area contributed by atoms with Gasteiger partial charge in [-0.2, -0.15) is 0 Å². The monoisotopic (exact) mass is 259 g/mol. The van der Waals surface area contributed by atoms with Crippen molar-refractivity contribution in [2.24, 2.45) is 0 Å². The summed E-state index contributed by atoms with van der Waals surface area (Å²) in [6, 6.07) is 0.752. The van der Waals surface area contributed by atoms with Gasteiger partial charge in [-0.1, -0.05) is 0 Å². The Kier molecular flexibility index (Phi) is 3.56. The minimum atomic E-state index is -1.55. The molecule has 0 saturated heterocycles. The Morgan fingerprint density at radius 1 is 1.33 bits per heavy atom. The summed E-state index contributed by atoms with van der Waals surface area (Å²) in [4.78, 5) is 11.6. The van der Waals surface area contributed by atoms with Crippen molar-refractivity contribution in [2.45, 2.75) is 24.9 Å². The van der Waals surface area contributed by atoms with Gasteiger partial charge in [-0.05, 0) is 30.5 Å². The highest BCUT2D eigenvalue weighted by atomic mass is 19.2. The molecule has 2 rings (SSSR count). The van der Waals surface area contributed by atoms with Crippen LogP contribution in [-0.2, 0) is 9.53 Å². The lowest BCUT2D eigenvalue weighted by Gasteiger charge is -2.16. The predicted molar refractivity (Wildman–Crippen MR) is 57.2 cm³/mol. The summed E-state index contributed by atoms with van der Waals surface area (Å²) in [6.07, 6.45) is 1.78. The molecule has 98 valence electrons. The standard InChI is InChI=1S/C12H12F3NO2/c1-18-12(17)11(16-7-2-3-7)6-4-8(13)10(15)9(14)5-6/h4-5,7,11,16H,2-3H2,1H3. The van der Waals surface area contributed by atoms with Gasteiger partial charge in [0.1, 0.15) is 6.04 Å². The molecule has 6 heteroatoms. The number of halogens is 3. The topological polar surface area (TPSA) is 38.3 Å². The van der Waals surface area contributed by atoms with Gasteiger partial charge in [0.25, 0.3) is 0 Å². The molecular formula is C12H12F3NO2. The van der Waals surface area contributed by atoms with Crippen molar-refractivity contribution in [1.29, 1.82) is 0 Å². The van der Waals surface area contributed by atoms with Crippen LogP contribution in [0.3, 0.4) is 0 Å². The van der Waals surface area contributed by atoms with Crippen molar-refractivity contribution in [3.05, 3.63) is 35.1 Å². The van der Waals surface area contributed by atoms with Crippen LogP contribution in [0.2, 0.25) is 0 Å². The first-order chi connectivity index (χ1) is 8.52. The number of nitrogens with one attached hydrogen (secondary N) is 1. The van der Waals surface area contributed by atoms with E-state index in [1.807, 2.05) is 0 Å². The molecule has 1 fully saturated rings. The van der Waals surface area contributed by atoms with Crippen molar-refractivity contribution in [2.75, 3.05) is 7.11 Å². The molecule has 0 bridgehead atoms. The molecule has 0 radical (unpaired) electrons. The van der Waals surface area contributed by atoms with E-state index in [4.69, 9.17) is 0 Å². The van der Waals surface area contributed by atoms with Crippen molar-refractivity contribution >= 4 is 5.97 Å². The third kappa shape index (κ3) is 2.64. The number of esters is 1. The van der Waals surface area contributed by atoms with Gasteiger partial charge in [0, 0.05) is 6.04 Å². The lowest BCUT2D eigenvalue weighted by molar-refractivity contribution is -0.143. The molecule has 0 aliphatic heterocycles. The van der Waals surface area contributed by atoms with Crippen LogP contribution in [0.1, 0.15) is 24.4 Å². The van der Waals surface area contributed by atoms with E-state index in [1.165, 1.54) is 7.11 Å². The Hall–Kier alpha value is -1.56. The maximum atomic E-state index is 13.1. The first kappa shape index (κ1) is 12.9. The van der Waals surface area contributed by atoms with Crippen molar-refractivity contribution in [3.63, 3.8) is 0 Å². The van der Waals surface area contributed by atoms with E-state index in [0.29, 0.717) is 0 Å². The molecule has 1 N–H and O–H groups in total. The van der Waals surface area contributed by atoms with Gasteiger partial charge < -0.3 is 4.74 Å². The largest absolute Gasteiger partial charge is 0.468 e. The van der Waals surface area contributed by atoms with Gasteiger partial charge in [-0.25, -0.2) is 18.0 Å². The van der Waals surface area contributed by atoms with Crippen molar-refractivity contribution < 1.29 is 22.7 Å². The van der Waals surface area contributed by atoms with E-state index >= 15 is 0 Å². The number of carbonyl (C=O) groups is 1. The van der Waals surface area contributed by atoms with Crippen LogP contribution in [-0.4, -0.2) is 19.1 Å². The van der Waals surface area contributed by atoms with E-state index in [2.05, 4.69) is 10.1 Å². The average molecular weight is 259 g/mol. The molecule has 1 aliphatic carbocycles. The molecule has 0 spiro atoms. The zero-order chi connectivity index (χ0) is 13.3. The summed E-state index contributed by atoms with van der Waals surface area (Å²) < 4.78 is 43.7. The average Bonchev–Trinajstić information content (AvgIpc) is 3.15. The van der Waals surface area contributed by atoms with Crippen molar-refractivity contribution in [1.82, 2.24) is 5.32 Å². The summed E-state index contributed by atoms with van der Waals surface area (Å²) >= 11 is 0. The van der Waals surface area contributed by atoms with Crippen LogP contribution in [0.15, 0.2) is 12.1 Å². The van der Waals surface area contributed by atoms with Gasteiger partial charge >= 0.3 is 5.97 Å². The number of ether oxygens (including phenoxy) is 1. The highest BCUT2D eigenvalue weighted by molar-refractivity contribution is 5.77. The normalized spacial score (nSPS) is 16.4. The third-order valence-electron chi connectivity index (χ3n) is 2.76. The van der Waals surface area contributed by atoms with Crippen LogP contribution in [0, 0.1) is 17.5 Å². The van der Waals surface area contributed by atoms with Gasteiger partial charge in [-0.15, -0.1) is 0 Å². The molecular weight excluding hydrogens is 247 g/mol. The first-order valence-corrected chi connectivity index (χ1v) is 5.51. The number of hydrogen-bond donors (Lipinski definition) is 1. The SMILES string of the molecule is COC(=O)C(NC1CC1)c1cc(F)c(F)c(F)c1. The van der Waals surface area contributed by atoms with E-state index in [-0.39, 0.29) is 11.6 Å². The van der Waals surface area contributed by atoms with Gasteiger partial charge in [0.2, 0.25) is 0 Å². The third-order valence-corrected chi connectivity index (χ3v) is 2.76. The number of benzene rings is 1. The van der Waals surface area contributed by atoms with Gasteiger partial charge in [-0.3, -0.25) is 5.32 Å². The molecule has 1 aromatic carbocycles. The fourth-order valence-electron chi connectivity index (χ4n) is 1.65. The first-order valence-electron chi connectivity index (χ1n) is 5.51. The molecule has 1 atom stereocenters. The number of methoxy groups -OCH3 is 1. The molecule has 0 aromatic heterocycles. The minimum Gasteiger partial charge on any atom is -0.468 e. The molecule has 0 heterocycles. The zero-order valence-corrected chi connectivity index (χ0v) is 9.67. The fourth-order valence-corrected chi connectivity index (χ4v) is 1.65. The highest BCUT2D eigenvalue weighted by Crippen LogP contribution is 2.26. The van der Waals surface area contributed by atoms with E-state index in [0.717, 1.165) is 25.0 Å². The quantitative estimate of drug-likeness (QED) is 0.664. The van der Waals surface area contributed by atoms with E-state index in [1.54, 1.807) is 0 Å². The second-order valence-electron chi connectivity index (χ2n) is 4.20. The maximum absolute atomic E-state index is 13.1. The Balaban J connectivity index is 2.31. The smallest absolute Gasteiger partial charge is 0.327 e. The zero-order valence-electron chi connectivity index (χ0n) is 9.67. The lowest BCUT2D eigenvalue weighted by atomic mass is 10.1. The van der Waals surface area contributed by atoms with Crippen LogP contribution in [0.4, 0.5) is 13.2 Å². The van der Waals surface area contributed by atoms with Crippen LogP contribution in [0.5, 0.6) is 0 Å². The van der Waals surface area contributed by atoms with Crippen molar-refractivity contribution in [3.8, 4) is 0 Å². The lowest BCUT2D eigenvalue weighted by Crippen LogP contribution is -2.31. The Labute approximate surface area is 102 Å². The Morgan fingerprint density at radius 3 is 2.33 bits per heavy atom. The second-order valence-corrected chi connectivity index (χ2v) is 4.20. The Bertz CT molecular complexity index is 451. The maximum Gasteiger partial charge on any atom is 0.327 e. The predicted octanol–water partition coefficient (Wildman–Crippen LogP) is 2.07. The summed E-state index contributed by atoms with van der Waals surface area (Å²) in [5.74, 6) is -4.85. The highest BCUT2D eigenvalue weighted by Gasteiger charge is 2.31. The molecule has 18 heavy (non-hydrogen) atoms.